The van der Waals surface area contributed by atoms with Crippen molar-refractivity contribution >= 4 is 27.3 Å². The van der Waals surface area contributed by atoms with Gasteiger partial charge in [-0.15, -0.1) is 11.3 Å². The second-order valence-corrected chi connectivity index (χ2v) is 7.46. The highest BCUT2D eigenvalue weighted by Crippen LogP contribution is 2.25. The maximum atomic E-state index is 5.89. The van der Waals surface area contributed by atoms with Crippen LogP contribution >= 0.6 is 27.3 Å². The fourth-order valence-electron chi connectivity index (χ4n) is 1.65. The Morgan fingerprint density at radius 2 is 2.15 bits per heavy atom. The number of ether oxygens (including phenoxy) is 1. The molecular weight excluding hydrogens is 336 g/mol. The number of halogens is 1. The highest BCUT2D eigenvalue weighted by atomic mass is 79.9. The molecule has 2 aromatic rings. The quantitative estimate of drug-likeness (QED) is 0.865. The van der Waals surface area contributed by atoms with Crippen molar-refractivity contribution in [1.29, 1.82) is 0 Å². The van der Waals surface area contributed by atoms with E-state index in [1.165, 1.54) is 0 Å². The summed E-state index contributed by atoms with van der Waals surface area (Å²) in [7, 11) is 0. The van der Waals surface area contributed by atoms with E-state index in [0.29, 0.717) is 6.61 Å². The van der Waals surface area contributed by atoms with Crippen LogP contribution in [0.25, 0.3) is 0 Å². The molecule has 2 rings (SSSR count). The van der Waals surface area contributed by atoms with Gasteiger partial charge in [0.2, 0.25) is 0 Å². The van der Waals surface area contributed by atoms with Crippen molar-refractivity contribution in [1.82, 2.24) is 10.3 Å². The summed E-state index contributed by atoms with van der Waals surface area (Å²) in [6, 6.07) is 6.09. The lowest BCUT2D eigenvalue weighted by Gasteiger charge is -2.21. The number of thiazole rings is 1. The molecule has 0 unspecified atom stereocenters. The lowest BCUT2D eigenvalue weighted by atomic mass is 10.1. The Morgan fingerprint density at radius 1 is 1.35 bits per heavy atom. The molecule has 0 atom stereocenters. The number of nitrogens with one attached hydrogen (secondary N) is 1. The number of nitrogens with zero attached hydrogens (tertiary/aromatic N) is 1. The molecule has 0 saturated carbocycles. The third kappa shape index (κ3) is 4.89. The van der Waals surface area contributed by atoms with Gasteiger partial charge in [-0.1, -0.05) is 15.9 Å². The summed E-state index contributed by atoms with van der Waals surface area (Å²) in [6.45, 7) is 7.75. The zero-order valence-corrected chi connectivity index (χ0v) is 14.3. The highest BCUT2D eigenvalue weighted by molar-refractivity contribution is 9.10. The molecular formula is C15H19BrN2OS. The van der Waals surface area contributed by atoms with Crippen LogP contribution in [0.4, 0.5) is 0 Å². The van der Waals surface area contributed by atoms with Crippen molar-refractivity contribution in [3.05, 3.63) is 44.8 Å². The average Bonchev–Trinajstić information content (AvgIpc) is 2.87. The van der Waals surface area contributed by atoms with Gasteiger partial charge in [-0.05, 0) is 39.0 Å². The summed E-state index contributed by atoms with van der Waals surface area (Å²) < 4.78 is 6.95. The standard InChI is InChI=1S/C15H19BrN2OS/c1-15(2,3)18-9-11-8-12(16)4-5-13(11)19-10-14-17-6-7-20-14/h4-8,18H,9-10H2,1-3H3. The molecule has 1 heterocycles. The van der Waals surface area contributed by atoms with Crippen LogP contribution in [0.1, 0.15) is 31.3 Å². The fourth-order valence-corrected chi connectivity index (χ4v) is 2.59. The van der Waals surface area contributed by atoms with E-state index >= 15 is 0 Å². The predicted molar refractivity (Wildman–Crippen MR) is 87.2 cm³/mol. The predicted octanol–water partition coefficient (Wildman–Crippen LogP) is 4.37. The normalized spacial score (nSPS) is 11.6. The van der Waals surface area contributed by atoms with Gasteiger partial charge in [-0.2, -0.15) is 0 Å². The van der Waals surface area contributed by atoms with E-state index in [9.17, 15) is 0 Å². The zero-order valence-electron chi connectivity index (χ0n) is 11.9. The molecule has 0 radical (unpaired) electrons. The second kappa shape index (κ2) is 6.70. The molecule has 0 aliphatic heterocycles. The molecule has 108 valence electrons. The SMILES string of the molecule is CC(C)(C)NCc1cc(Br)ccc1OCc1nccs1. The van der Waals surface area contributed by atoms with Crippen molar-refractivity contribution < 1.29 is 4.74 Å². The second-order valence-electron chi connectivity index (χ2n) is 5.57. The van der Waals surface area contributed by atoms with E-state index in [4.69, 9.17) is 4.74 Å². The van der Waals surface area contributed by atoms with Crippen molar-refractivity contribution in [2.45, 2.75) is 39.5 Å². The monoisotopic (exact) mass is 354 g/mol. The number of rotatable bonds is 5. The number of hydrogen-bond donors (Lipinski definition) is 1. The molecule has 20 heavy (non-hydrogen) atoms. The lowest BCUT2D eigenvalue weighted by molar-refractivity contribution is 0.299. The first-order valence-corrected chi connectivity index (χ1v) is 8.16. The van der Waals surface area contributed by atoms with Crippen LogP contribution < -0.4 is 10.1 Å². The molecule has 0 amide bonds. The van der Waals surface area contributed by atoms with Gasteiger partial charge in [0.1, 0.15) is 17.4 Å². The third-order valence-electron chi connectivity index (χ3n) is 2.67. The van der Waals surface area contributed by atoms with E-state index in [-0.39, 0.29) is 5.54 Å². The largest absolute Gasteiger partial charge is 0.486 e. The Morgan fingerprint density at radius 3 is 2.80 bits per heavy atom. The summed E-state index contributed by atoms with van der Waals surface area (Å²) in [5, 5.41) is 6.43. The Bertz CT molecular complexity index is 549. The van der Waals surface area contributed by atoms with Crippen LogP contribution in [-0.4, -0.2) is 10.5 Å². The van der Waals surface area contributed by atoms with E-state index in [0.717, 1.165) is 27.3 Å². The maximum absolute atomic E-state index is 5.89. The minimum Gasteiger partial charge on any atom is -0.486 e. The first-order chi connectivity index (χ1) is 9.44. The zero-order chi connectivity index (χ0) is 14.6. The molecule has 1 aromatic heterocycles. The highest BCUT2D eigenvalue weighted by Gasteiger charge is 2.12. The molecule has 1 aromatic carbocycles. The van der Waals surface area contributed by atoms with Crippen LogP contribution in [0.3, 0.4) is 0 Å². The smallest absolute Gasteiger partial charge is 0.140 e. The first kappa shape index (κ1) is 15.5. The van der Waals surface area contributed by atoms with Crippen LogP contribution in [0.15, 0.2) is 34.2 Å². The van der Waals surface area contributed by atoms with Crippen LogP contribution in [0.5, 0.6) is 5.75 Å². The molecule has 0 bridgehead atoms. The van der Waals surface area contributed by atoms with Crippen molar-refractivity contribution in [2.75, 3.05) is 0 Å². The van der Waals surface area contributed by atoms with E-state index in [1.807, 2.05) is 17.5 Å². The first-order valence-electron chi connectivity index (χ1n) is 6.49. The van der Waals surface area contributed by atoms with Crippen LogP contribution in [-0.2, 0) is 13.2 Å². The van der Waals surface area contributed by atoms with Gasteiger partial charge in [-0.3, -0.25) is 0 Å². The summed E-state index contributed by atoms with van der Waals surface area (Å²) >= 11 is 5.12. The minimum atomic E-state index is 0.0783. The lowest BCUT2D eigenvalue weighted by Crippen LogP contribution is -2.35. The van der Waals surface area contributed by atoms with Gasteiger partial charge < -0.3 is 10.1 Å². The molecule has 5 heteroatoms. The van der Waals surface area contributed by atoms with Crippen LogP contribution in [0.2, 0.25) is 0 Å². The van der Waals surface area contributed by atoms with Gasteiger partial charge in [0, 0.05) is 33.7 Å². The van der Waals surface area contributed by atoms with Gasteiger partial charge in [0.15, 0.2) is 0 Å². The molecule has 3 nitrogen and oxygen atoms in total. The summed E-state index contributed by atoms with van der Waals surface area (Å²) in [5.74, 6) is 0.903. The van der Waals surface area contributed by atoms with Crippen molar-refractivity contribution in [3.63, 3.8) is 0 Å². The molecule has 0 saturated heterocycles. The van der Waals surface area contributed by atoms with E-state index < -0.39 is 0 Å². The molecule has 0 aliphatic rings. The van der Waals surface area contributed by atoms with Gasteiger partial charge >= 0.3 is 0 Å². The van der Waals surface area contributed by atoms with Crippen LogP contribution in [0, 0.1) is 0 Å². The molecule has 0 fully saturated rings. The van der Waals surface area contributed by atoms with Gasteiger partial charge in [-0.25, -0.2) is 4.98 Å². The molecule has 0 aliphatic carbocycles. The number of benzene rings is 1. The Kier molecular flexibility index (Phi) is 5.18. The van der Waals surface area contributed by atoms with Gasteiger partial charge in [0.25, 0.3) is 0 Å². The minimum absolute atomic E-state index is 0.0783. The summed E-state index contributed by atoms with van der Waals surface area (Å²) in [4.78, 5) is 4.23. The number of aromatic nitrogens is 1. The molecule has 1 N–H and O–H groups in total. The Labute approximate surface area is 132 Å². The van der Waals surface area contributed by atoms with E-state index in [2.05, 4.69) is 53.1 Å². The Balaban J connectivity index is 2.07. The van der Waals surface area contributed by atoms with Crippen molar-refractivity contribution in [3.8, 4) is 5.75 Å². The third-order valence-corrected chi connectivity index (χ3v) is 3.91. The summed E-state index contributed by atoms with van der Waals surface area (Å²) in [5.41, 5.74) is 1.22. The van der Waals surface area contributed by atoms with Crippen molar-refractivity contribution in [2.24, 2.45) is 0 Å². The van der Waals surface area contributed by atoms with Gasteiger partial charge in [0.05, 0.1) is 0 Å². The fraction of sp³-hybridized carbons (Fsp3) is 0.400. The molecule has 0 spiro atoms. The number of hydrogen-bond acceptors (Lipinski definition) is 4. The Hall–Kier alpha value is -0.910. The average molecular weight is 355 g/mol. The van der Waals surface area contributed by atoms with E-state index in [1.54, 1.807) is 17.5 Å². The topological polar surface area (TPSA) is 34.1 Å². The maximum Gasteiger partial charge on any atom is 0.140 e. The summed E-state index contributed by atoms with van der Waals surface area (Å²) in [6.07, 6.45) is 1.80.